The summed E-state index contributed by atoms with van der Waals surface area (Å²) in [7, 11) is 0. The predicted octanol–water partition coefficient (Wildman–Crippen LogP) is 2.44. The lowest BCUT2D eigenvalue weighted by molar-refractivity contribution is 0.0537. The van der Waals surface area contributed by atoms with Gasteiger partial charge in [0.1, 0.15) is 11.6 Å². The van der Waals surface area contributed by atoms with Crippen LogP contribution < -0.4 is 0 Å². The molecule has 4 heteroatoms. The van der Waals surface area contributed by atoms with Gasteiger partial charge in [-0.15, -0.1) is 0 Å². The molecular formula is C13H16F2O2. The first-order valence-electron chi connectivity index (χ1n) is 5.89. The molecule has 2 atom stereocenters. The van der Waals surface area contributed by atoms with E-state index in [1.165, 1.54) is 0 Å². The Morgan fingerprint density at radius 2 is 2.24 bits per heavy atom. The van der Waals surface area contributed by atoms with E-state index in [0.29, 0.717) is 6.42 Å². The van der Waals surface area contributed by atoms with Crippen LogP contribution in [0.5, 0.6) is 0 Å². The largest absolute Gasteiger partial charge is 0.393 e. The van der Waals surface area contributed by atoms with Gasteiger partial charge in [-0.05, 0) is 43.0 Å². The van der Waals surface area contributed by atoms with Gasteiger partial charge in [0, 0.05) is 13.0 Å². The highest BCUT2D eigenvalue weighted by Gasteiger charge is 2.20. The van der Waals surface area contributed by atoms with Crippen molar-refractivity contribution in [2.45, 2.75) is 37.9 Å². The lowest BCUT2D eigenvalue weighted by Crippen LogP contribution is -2.19. The molecule has 1 aliphatic heterocycles. The van der Waals surface area contributed by atoms with Crippen molar-refractivity contribution in [2.75, 3.05) is 6.61 Å². The molecule has 2 rings (SSSR count). The molecule has 0 aliphatic carbocycles. The zero-order valence-corrected chi connectivity index (χ0v) is 9.53. The van der Waals surface area contributed by atoms with Gasteiger partial charge in [0.2, 0.25) is 0 Å². The van der Waals surface area contributed by atoms with Crippen LogP contribution in [0, 0.1) is 11.6 Å². The molecule has 17 heavy (non-hydrogen) atoms. The Balaban J connectivity index is 1.92. The molecular weight excluding hydrogens is 226 g/mol. The Kier molecular flexibility index (Phi) is 4.07. The molecule has 0 saturated carbocycles. The highest BCUT2D eigenvalue weighted by Crippen LogP contribution is 2.20. The highest BCUT2D eigenvalue weighted by atomic mass is 19.1. The van der Waals surface area contributed by atoms with Crippen LogP contribution in [0.4, 0.5) is 8.78 Å². The van der Waals surface area contributed by atoms with Gasteiger partial charge in [0.05, 0.1) is 12.2 Å². The first kappa shape index (κ1) is 12.5. The van der Waals surface area contributed by atoms with E-state index in [1.54, 1.807) is 0 Å². The number of hydrogen-bond acceptors (Lipinski definition) is 2. The lowest BCUT2D eigenvalue weighted by Gasteiger charge is -2.15. The second-order valence-electron chi connectivity index (χ2n) is 4.46. The third-order valence-corrected chi connectivity index (χ3v) is 3.02. The topological polar surface area (TPSA) is 29.5 Å². The predicted molar refractivity (Wildman–Crippen MR) is 59.7 cm³/mol. The van der Waals surface area contributed by atoms with Crippen LogP contribution in [-0.4, -0.2) is 23.9 Å². The van der Waals surface area contributed by atoms with Gasteiger partial charge in [0.15, 0.2) is 0 Å². The minimum atomic E-state index is -0.686. The molecule has 0 spiro atoms. The van der Waals surface area contributed by atoms with Crippen LogP contribution in [0.2, 0.25) is 0 Å². The van der Waals surface area contributed by atoms with Gasteiger partial charge < -0.3 is 9.84 Å². The molecule has 94 valence electrons. The second kappa shape index (κ2) is 5.56. The van der Waals surface area contributed by atoms with Gasteiger partial charge in [0.25, 0.3) is 0 Å². The molecule has 1 aromatic carbocycles. The monoisotopic (exact) mass is 242 g/mol. The van der Waals surface area contributed by atoms with Crippen molar-refractivity contribution < 1.29 is 18.6 Å². The van der Waals surface area contributed by atoms with Crippen molar-refractivity contribution >= 4 is 0 Å². The number of benzene rings is 1. The van der Waals surface area contributed by atoms with Gasteiger partial charge in [-0.2, -0.15) is 0 Å². The Bertz CT molecular complexity index is 376. The van der Waals surface area contributed by atoms with Crippen molar-refractivity contribution in [2.24, 2.45) is 0 Å². The van der Waals surface area contributed by atoms with E-state index < -0.39 is 17.7 Å². The number of halogens is 2. The van der Waals surface area contributed by atoms with E-state index in [-0.39, 0.29) is 18.1 Å². The highest BCUT2D eigenvalue weighted by molar-refractivity contribution is 5.19. The van der Waals surface area contributed by atoms with E-state index in [4.69, 9.17) is 4.74 Å². The summed E-state index contributed by atoms with van der Waals surface area (Å²) in [5.41, 5.74) is 0.218. The SMILES string of the molecule is OC(Cc1cc(F)ccc1F)CC1CCCO1. The molecule has 1 heterocycles. The van der Waals surface area contributed by atoms with Gasteiger partial charge in [-0.3, -0.25) is 0 Å². The van der Waals surface area contributed by atoms with Crippen LogP contribution in [0.3, 0.4) is 0 Å². The van der Waals surface area contributed by atoms with Gasteiger partial charge in [-0.1, -0.05) is 0 Å². The Morgan fingerprint density at radius 3 is 2.94 bits per heavy atom. The van der Waals surface area contributed by atoms with Crippen molar-refractivity contribution in [3.05, 3.63) is 35.4 Å². The van der Waals surface area contributed by atoms with E-state index >= 15 is 0 Å². The summed E-state index contributed by atoms with van der Waals surface area (Å²) in [4.78, 5) is 0. The third-order valence-electron chi connectivity index (χ3n) is 3.02. The van der Waals surface area contributed by atoms with Crippen molar-refractivity contribution in [1.29, 1.82) is 0 Å². The normalized spacial score (nSPS) is 21.7. The number of hydrogen-bond donors (Lipinski definition) is 1. The van der Waals surface area contributed by atoms with Crippen molar-refractivity contribution in [3.63, 3.8) is 0 Å². The van der Waals surface area contributed by atoms with Crippen LogP contribution in [0.25, 0.3) is 0 Å². The Morgan fingerprint density at radius 1 is 1.41 bits per heavy atom. The number of aliphatic hydroxyl groups is 1. The lowest BCUT2D eigenvalue weighted by atomic mass is 10.0. The number of ether oxygens (including phenoxy) is 1. The third kappa shape index (κ3) is 3.48. The zero-order valence-electron chi connectivity index (χ0n) is 9.53. The smallest absolute Gasteiger partial charge is 0.126 e. The van der Waals surface area contributed by atoms with E-state index in [1.807, 2.05) is 0 Å². The van der Waals surface area contributed by atoms with Gasteiger partial charge in [-0.25, -0.2) is 8.78 Å². The molecule has 0 amide bonds. The summed E-state index contributed by atoms with van der Waals surface area (Å²) >= 11 is 0. The molecule has 0 aromatic heterocycles. The summed E-state index contributed by atoms with van der Waals surface area (Å²) in [6.07, 6.45) is 1.92. The van der Waals surface area contributed by atoms with E-state index in [9.17, 15) is 13.9 Å². The van der Waals surface area contributed by atoms with E-state index in [2.05, 4.69) is 0 Å². The minimum absolute atomic E-state index is 0.0571. The maximum atomic E-state index is 13.3. The average molecular weight is 242 g/mol. The summed E-state index contributed by atoms with van der Waals surface area (Å²) < 4.78 is 31.7. The van der Waals surface area contributed by atoms with E-state index in [0.717, 1.165) is 37.6 Å². The van der Waals surface area contributed by atoms with Crippen LogP contribution >= 0.6 is 0 Å². The summed E-state index contributed by atoms with van der Waals surface area (Å²) in [5, 5.41) is 9.81. The quantitative estimate of drug-likeness (QED) is 0.878. The fourth-order valence-electron chi connectivity index (χ4n) is 2.17. The van der Waals surface area contributed by atoms with Gasteiger partial charge >= 0.3 is 0 Å². The summed E-state index contributed by atoms with van der Waals surface area (Å²) in [6.45, 7) is 0.728. The first-order chi connectivity index (χ1) is 8.15. The summed E-state index contributed by atoms with van der Waals surface area (Å²) in [5.74, 6) is -0.955. The Labute approximate surface area is 99.2 Å². The zero-order chi connectivity index (χ0) is 12.3. The molecule has 1 fully saturated rings. The average Bonchev–Trinajstić information content (AvgIpc) is 2.76. The maximum absolute atomic E-state index is 13.3. The molecule has 1 aromatic rings. The number of aliphatic hydroxyl groups excluding tert-OH is 1. The van der Waals surface area contributed by atoms with Crippen molar-refractivity contribution in [3.8, 4) is 0 Å². The minimum Gasteiger partial charge on any atom is -0.393 e. The molecule has 2 unspecified atom stereocenters. The molecule has 1 N–H and O–H groups in total. The standard InChI is InChI=1S/C13H16F2O2/c14-10-3-4-13(15)9(6-10)7-11(16)8-12-2-1-5-17-12/h3-4,6,11-12,16H,1-2,5,7-8H2. The van der Waals surface area contributed by atoms with Crippen molar-refractivity contribution in [1.82, 2.24) is 0 Å². The van der Waals surface area contributed by atoms with Crippen LogP contribution in [-0.2, 0) is 11.2 Å². The number of rotatable bonds is 4. The molecule has 2 nitrogen and oxygen atoms in total. The maximum Gasteiger partial charge on any atom is 0.126 e. The fourth-order valence-corrected chi connectivity index (χ4v) is 2.17. The fraction of sp³-hybridized carbons (Fsp3) is 0.538. The van der Waals surface area contributed by atoms with Crippen LogP contribution in [0.1, 0.15) is 24.8 Å². The Hall–Kier alpha value is -1.00. The van der Waals surface area contributed by atoms with Crippen LogP contribution in [0.15, 0.2) is 18.2 Å². The molecule has 0 bridgehead atoms. The second-order valence-corrected chi connectivity index (χ2v) is 4.46. The molecule has 1 aliphatic rings. The first-order valence-corrected chi connectivity index (χ1v) is 5.89. The summed E-state index contributed by atoms with van der Waals surface area (Å²) in [6, 6.07) is 3.29. The molecule has 0 radical (unpaired) electrons. The molecule has 1 saturated heterocycles.